The second kappa shape index (κ2) is 6.39. The van der Waals surface area contributed by atoms with Gasteiger partial charge in [-0.05, 0) is 6.92 Å². The standard InChI is InChI=1S/C16H20N2O3/c1-12-11-20-15(10-19)9-18(12)8-14-7-16(17-21-14)13-5-3-2-4-6-13/h2-7,12,15,19H,8-11H2,1H3. The Kier molecular flexibility index (Phi) is 4.34. The van der Waals surface area contributed by atoms with Crippen LogP contribution < -0.4 is 0 Å². The lowest BCUT2D eigenvalue weighted by molar-refractivity contribution is -0.0823. The first-order valence-electron chi connectivity index (χ1n) is 7.24. The van der Waals surface area contributed by atoms with Crippen molar-refractivity contribution in [2.24, 2.45) is 0 Å². The topological polar surface area (TPSA) is 58.7 Å². The quantitative estimate of drug-likeness (QED) is 0.931. The number of aromatic nitrogens is 1. The molecule has 0 spiro atoms. The van der Waals surface area contributed by atoms with Crippen molar-refractivity contribution in [2.75, 3.05) is 19.8 Å². The molecule has 21 heavy (non-hydrogen) atoms. The minimum absolute atomic E-state index is 0.0505. The van der Waals surface area contributed by atoms with Gasteiger partial charge in [-0.25, -0.2) is 0 Å². The molecule has 5 nitrogen and oxygen atoms in total. The Morgan fingerprint density at radius 3 is 2.90 bits per heavy atom. The van der Waals surface area contributed by atoms with E-state index in [0.717, 1.165) is 17.0 Å². The molecule has 1 aliphatic rings. The highest BCUT2D eigenvalue weighted by atomic mass is 16.5. The molecule has 1 aromatic heterocycles. The Bertz CT molecular complexity index is 570. The van der Waals surface area contributed by atoms with Gasteiger partial charge >= 0.3 is 0 Å². The number of hydrogen-bond donors (Lipinski definition) is 1. The van der Waals surface area contributed by atoms with Crippen molar-refractivity contribution < 1.29 is 14.4 Å². The fourth-order valence-electron chi connectivity index (χ4n) is 2.54. The van der Waals surface area contributed by atoms with Gasteiger partial charge in [-0.3, -0.25) is 4.90 Å². The number of benzene rings is 1. The van der Waals surface area contributed by atoms with Gasteiger partial charge in [0.25, 0.3) is 0 Å². The van der Waals surface area contributed by atoms with Crippen LogP contribution in [0.5, 0.6) is 0 Å². The fraction of sp³-hybridized carbons (Fsp3) is 0.438. The SMILES string of the molecule is CC1COC(CO)CN1Cc1cc(-c2ccccc2)no1. The van der Waals surface area contributed by atoms with Crippen LogP contribution in [0.2, 0.25) is 0 Å². The monoisotopic (exact) mass is 288 g/mol. The zero-order valence-corrected chi connectivity index (χ0v) is 12.1. The molecule has 5 heteroatoms. The van der Waals surface area contributed by atoms with Gasteiger partial charge in [0.1, 0.15) is 5.69 Å². The minimum atomic E-state index is -0.113. The molecule has 1 saturated heterocycles. The van der Waals surface area contributed by atoms with Crippen LogP contribution in [0.15, 0.2) is 40.9 Å². The zero-order chi connectivity index (χ0) is 14.7. The average molecular weight is 288 g/mol. The van der Waals surface area contributed by atoms with E-state index in [-0.39, 0.29) is 12.7 Å². The van der Waals surface area contributed by atoms with E-state index in [0.29, 0.717) is 25.7 Å². The van der Waals surface area contributed by atoms with Gasteiger partial charge in [-0.1, -0.05) is 35.5 Å². The summed E-state index contributed by atoms with van der Waals surface area (Å²) in [6.45, 7) is 4.18. The summed E-state index contributed by atoms with van der Waals surface area (Å²) < 4.78 is 11.0. The van der Waals surface area contributed by atoms with Crippen LogP contribution in [0.25, 0.3) is 11.3 Å². The van der Waals surface area contributed by atoms with Gasteiger partial charge in [-0.2, -0.15) is 0 Å². The lowest BCUT2D eigenvalue weighted by atomic mass is 10.1. The highest BCUT2D eigenvalue weighted by Gasteiger charge is 2.26. The van der Waals surface area contributed by atoms with Crippen molar-refractivity contribution >= 4 is 0 Å². The molecular weight excluding hydrogens is 268 g/mol. The second-order valence-corrected chi connectivity index (χ2v) is 5.46. The van der Waals surface area contributed by atoms with Crippen molar-refractivity contribution in [3.05, 3.63) is 42.2 Å². The van der Waals surface area contributed by atoms with E-state index in [4.69, 9.17) is 9.26 Å². The number of nitrogens with zero attached hydrogens (tertiary/aromatic N) is 2. The summed E-state index contributed by atoms with van der Waals surface area (Å²) in [5, 5.41) is 13.4. The molecule has 2 heterocycles. The largest absolute Gasteiger partial charge is 0.394 e. The summed E-state index contributed by atoms with van der Waals surface area (Å²) in [6, 6.07) is 12.3. The number of aliphatic hydroxyl groups excluding tert-OH is 1. The first kappa shape index (κ1) is 14.3. The molecule has 1 fully saturated rings. The summed E-state index contributed by atoms with van der Waals surface area (Å²) in [7, 11) is 0. The first-order valence-corrected chi connectivity index (χ1v) is 7.24. The summed E-state index contributed by atoms with van der Waals surface area (Å²) in [4.78, 5) is 2.25. The Hall–Kier alpha value is -1.69. The molecule has 2 aromatic rings. The fourth-order valence-corrected chi connectivity index (χ4v) is 2.54. The summed E-state index contributed by atoms with van der Waals surface area (Å²) in [5.74, 6) is 0.833. The van der Waals surface area contributed by atoms with Crippen molar-refractivity contribution in [2.45, 2.75) is 25.6 Å². The van der Waals surface area contributed by atoms with Crippen LogP contribution in [-0.4, -0.2) is 47.1 Å². The predicted octanol–water partition coefficient (Wildman–Crippen LogP) is 1.92. The van der Waals surface area contributed by atoms with E-state index in [2.05, 4.69) is 17.0 Å². The Morgan fingerprint density at radius 2 is 2.14 bits per heavy atom. The first-order chi connectivity index (χ1) is 10.3. The molecule has 2 unspecified atom stereocenters. The third kappa shape index (κ3) is 3.32. The molecule has 0 amide bonds. The van der Waals surface area contributed by atoms with Crippen LogP contribution in [0.4, 0.5) is 0 Å². The van der Waals surface area contributed by atoms with Crippen molar-refractivity contribution in [3.63, 3.8) is 0 Å². The lowest BCUT2D eigenvalue weighted by Gasteiger charge is -2.36. The van der Waals surface area contributed by atoms with E-state index in [9.17, 15) is 5.11 Å². The molecule has 1 aliphatic heterocycles. The molecular formula is C16H20N2O3. The van der Waals surface area contributed by atoms with E-state index in [1.54, 1.807) is 0 Å². The molecule has 3 rings (SSSR count). The van der Waals surface area contributed by atoms with Gasteiger partial charge in [0.15, 0.2) is 5.76 Å². The highest BCUT2D eigenvalue weighted by molar-refractivity contribution is 5.58. The Balaban J connectivity index is 1.69. The second-order valence-electron chi connectivity index (χ2n) is 5.46. The number of morpholine rings is 1. The maximum atomic E-state index is 9.23. The number of rotatable bonds is 4. The predicted molar refractivity (Wildman–Crippen MR) is 78.6 cm³/mol. The number of hydrogen-bond acceptors (Lipinski definition) is 5. The van der Waals surface area contributed by atoms with E-state index in [1.165, 1.54) is 0 Å². The lowest BCUT2D eigenvalue weighted by Crippen LogP contribution is -2.48. The van der Waals surface area contributed by atoms with Crippen LogP contribution in [-0.2, 0) is 11.3 Å². The normalized spacial score (nSPS) is 23.3. The zero-order valence-electron chi connectivity index (χ0n) is 12.1. The third-order valence-corrected chi connectivity index (χ3v) is 3.83. The molecule has 0 saturated carbocycles. The van der Waals surface area contributed by atoms with E-state index >= 15 is 0 Å². The maximum absolute atomic E-state index is 9.23. The molecule has 1 aromatic carbocycles. The highest BCUT2D eigenvalue weighted by Crippen LogP contribution is 2.21. The van der Waals surface area contributed by atoms with Crippen LogP contribution in [0.3, 0.4) is 0 Å². The Labute approximate surface area is 124 Å². The van der Waals surface area contributed by atoms with Gasteiger partial charge in [0, 0.05) is 24.2 Å². The molecule has 112 valence electrons. The molecule has 0 bridgehead atoms. The van der Waals surface area contributed by atoms with Gasteiger partial charge in [0.05, 0.1) is 25.9 Å². The summed E-state index contributed by atoms with van der Waals surface area (Å²) in [6.07, 6.45) is -0.113. The van der Waals surface area contributed by atoms with Crippen molar-refractivity contribution in [1.29, 1.82) is 0 Å². The average Bonchev–Trinajstić information content (AvgIpc) is 2.99. The molecule has 2 atom stereocenters. The van der Waals surface area contributed by atoms with Crippen molar-refractivity contribution in [3.8, 4) is 11.3 Å². The van der Waals surface area contributed by atoms with E-state index in [1.807, 2.05) is 36.4 Å². The van der Waals surface area contributed by atoms with Crippen LogP contribution in [0, 0.1) is 0 Å². The maximum Gasteiger partial charge on any atom is 0.151 e. The summed E-state index contributed by atoms with van der Waals surface area (Å²) in [5.41, 5.74) is 1.90. The van der Waals surface area contributed by atoms with Crippen LogP contribution >= 0.6 is 0 Å². The van der Waals surface area contributed by atoms with Gasteiger partial charge < -0.3 is 14.4 Å². The third-order valence-electron chi connectivity index (χ3n) is 3.83. The van der Waals surface area contributed by atoms with Crippen LogP contribution in [0.1, 0.15) is 12.7 Å². The minimum Gasteiger partial charge on any atom is -0.394 e. The number of ether oxygens (including phenoxy) is 1. The smallest absolute Gasteiger partial charge is 0.151 e. The van der Waals surface area contributed by atoms with Gasteiger partial charge in [0.2, 0.25) is 0 Å². The molecule has 0 aliphatic carbocycles. The Morgan fingerprint density at radius 1 is 1.33 bits per heavy atom. The van der Waals surface area contributed by atoms with Crippen molar-refractivity contribution in [1.82, 2.24) is 10.1 Å². The molecule has 1 N–H and O–H groups in total. The summed E-state index contributed by atoms with van der Waals surface area (Å²) >= 11 is 0. The van der Waals surface area contributed by atoms with Gasteiger partial charge in [-0.15, -0.1) is 0 Å². The van der Waals surface area contributed by atoms with E-state index < -0.39 is 0 Å². The molecule has 0 radical (unpaired) electrons. The number of aliphatic hydroxyl groups is 1.